The standard InChI is InChI=1S/C13H21N3O3/c1-13(2,5-4-6-17)9-15-11-8-14-7-10(16-11)12(18)19-3/h7-8,17H,4-6,9H2,1-3H3,(H,15,16). The van der Waals surface area contributed by atoms with E-state index in [2.05, 4.69) is 33.9 Å². The van der Waals surface area contributed by atoms with E-state index in [1.807, 2.05) is 0 Å². The molecule has 0 atom stereocenters. The number of aromatic nitrogens is 2. The fourth-order valence-corrected chi connectivity index (χ4v) is 1.63. The molecule has 0 aromatic carbocycles. The van der Waals surface area contributed by atoms with Crippen molar-refractivity contribution < 1.29 is 14.6 Å². The molecule has 0 aliphatic rings. The van der Waals surface area contributed by atoms with E-state index in [9.17, 15) is 4.79 Å². The van der Waals surface area contributed by atoms with Crippen LogP contribution in [0.25, 0.3) is 0 Å². The highest BCUT2D eigenvalue weighted by molar-refractivity contribution is 5.87. The molecule has 1 rings (SSSR count). The Hall–Kier alpha value is -1.69. The largest absolute Gasteiger partial charge is 0.464 e. The van der Waals surface area contributed by atoms with Gasteiger partial charge in [0.05, 0.1) is 19.5 Å². The number of aliphatic hydroxyl groups is 1. The summed E-state index contributed by atoms with van der Waals surface area (Å²) >= 11 is 0. The van der Waals surface area contributed by atoms with Crippen molar-refractivity contribution in [3.05, 3.63) is 18.1 Å². The quantitative estimate of drug-likeness (QED) is 0.728. The van der Waals surface area contributed by atoms with Crippen LogP contribution in [-0.2, 0) is 4.74 Å². The Bertz CT molecular complexity index is 421. The van der Waals surface area contributed by atoms with Crippen LogP contribution in [0.5, 0.6) is 0 Å². The topological polar surface area (TPSA) is 84.3 Å². The maximum Gasteiger partial charge on any atom is 0.358 e. The molecule has 0 unspecified atom stereocenters. The van der Waals surface area contributed by atoms with Gasteiger partial charge in [-0.05, 0) is 18.3 Å². The zero-order valence-corrected chi connectivity index (χ0v) is 11.6. The fraction of sp³-hybridized carbons (Fsp3) is 0.615. The highest BCUT2D eigenvalue weighted by Crippen LogP contribution is 2.22. The predicted molar refractivity (Wildman–Crippen MR) is 72.0 cm³/mol. The lowest BCUT2D eigenvalue weighted by molar-refractivity contribution is 0.0593. The van der Waals surface area contributed by atoms with Gasteiger partial charge in [-0.2, -0.15) is 0 Å². The summed E-state index contributed by atoms with van der Waals surface area (Å²) in [5, 5.41) is 12.0. The minimum absolute atomic E-state index is 0.0334. The molecule has 0 fully saturated rings. The number of carbonyl (C=O) groups excluding carboxylic acids is 1. The summed E-state index contributed by atoms with van der Waals surface area (Å²) in [5.74, 6) is 0.0377. The van der Waals surface area contributed by atoms with Crippen molar-refractivity contribution in [2.45, 2.75) is 26.7 Å². The van der Waals surface area contributed by atoms with Crippen LogP contribution in [0.15, 0.2) is 12.4 Å². The van der Waals surface area contributed by atoms with Crippen LogP contribution in [0.1, 0.15) is 37.2 Å². The van der Waals surface area contributed by atoms with Crippen molar-refractivity contribution in [3.8, 4) is 0 Å². The maximum atomic E-state index is 11.3. The molecular weight excluding hydrogens is 246 g/mol. The lowest BCUT2D eigenvalue weighted by Crippen LogP contribution is -2.24. The first kappa shape index (κ1) is 15.4. The number of methoxy groups -OCH3 is 1. The van der Waals surface area contributed by atoms with Crippen molar-refractivity contribution in [2.24, 2.45) is 5.41 Å². The van der Waals surface area contributed by atoms with Gasteiger partial charge >= 0.3 is 5.97 Å². The molecule has 1 aromatic rings. The molecular formula is C13H21N3O3. The Balaban J connectivity index is 2.60. The number of esters is 1. The Labute approximate surface area is 113 Å². The van der Waals surface area contributed by atoms with Crippen molar-refractivity contribution in [1.29, 1.82) is 0 Å². The molecule has 0 aliphatic heterocycles. The van der Waals surface area contributed by atoms with E-state index >= 15 is 0 Å². The number of anilines is 1. The number of nitrogens with zero attached hydrogens (tertiary/aromatic N) is 2. The molecule has 0 aliphatic carbocycles. The summed E-state index contributed by atoms with van der Waals surface area (Å²) in [4.78, 5) is 19.4. The van der Waals surface area contributed by atoms with Crippen LogP contribution in [0.3, 0.4) is 0 Å². The van der Waals surface area contributed by atoms with Crippen LogP contribution in [0.4, 0.5) is 5.82 Å². The van der Waals surface area contributed by atoms with Gasteiger partial charge < -0.3 is 15.2 Å². The SMILES string of the molecule is COC(=O)c1cncc(NCC(C)(C)CCCO)n1. The van der Waals surface area contributed by atoms with Gasteiger partial charge in [0, 0.05) is 13.2 Å². The lowest BCUT2D eigenvalue weighted by atomic mass is 9.88. The predicted octanol–water partition coefficient (Wildman–Crippen LogP) is 1.47. The zero-order valence-electron chi connectivity index (χ0n) is 11.6. The van der Waals surface area contributed by atoms with Gasteiger partial charge in [0.1, 0.15) is 5.82 Å². The Morgan fingerprint density at radius 1 is 1.47 bits per heavy atom. The molecule has 106 valence electrons. The molecule has 0 saturated carbocycles. The first-order valence-electron chi connectivity index (χ1n) is 6.23. The Morgan fingerprint density at radius 3 is 2.84 bits per heavy atom. The molecule has 1 aromatic heterocycles. The van der Waals surface area contributed by atoms with Crippen molar-refractivity contribution in [1.82, 2.24) is 9.97 Å². The van der Waals surface area contributed by atoms with Gasteiger partial charge in [0.2, 0.25) is 0 Å². The molecule has 1 heterocycles. The van der Waals surface area contributed by atoms with E-state index in [0.29, 0.717) is 12.4 Å². The minimum Gasteiger partial charge on any atom is -0.464 e. The molecule has 0 saturated heterocycles. The van der Waals surface area contributed by atoms with Crippen molar-refractivity contribution >= 4 is 11.8 Å². The molecule has 6 nitrogen and oxygen atoms in total. The third-order valence-corrected chi connectivity index (χ3v) is 2.79. The van der Waals surface area contributed by atoms with Crippen LogP contribution < -0.4 is 5.32 Å². The summed E-state index contributed by atoms with van der Waals surface area (Å²) < 4.78 is 4.59. The molecule has 6 heteroatoms. The maximum absolute atomic E-state index is 11.3. The second-order valence-corrected chi connectivity index (χ2v) is 5.13. The van der Waals surface area contributed by atoms with Crippen molar-refractivity contribution in [2.75, 3.05) is 25.6 Å². The normalized spacial score (nSPS) is 11.2. The first-order chi connectivity index (χ1) is 8.98. The number of ether oxygens (including phenoxy) is 1. The first-order valence-corrected chi connectivity index (χ1v) is 6.23. The van der Waals surface area contributed by atoms with E-state index in [1.165, 1.54) is 13.3 Å². The highest BCUT2D eigenvalue weighted by atomic mass is 16.5. The van der Waals surface area contributed by atoms with Gasteiger partial charge in [-0.1, -0.05) is 13.8 Å². The smallest absolute Gasteiger partial charge is 0.358 e. The molecule has 0 amide bonds. The molecule has 0 bridgehead atoms. The number of hydrogen-bond acceptors (Lipinski definition) is 6. The van der Waals surface area contributed by atoms with Gasteiger partial charge in [-0.25, -0.2) is 9.78 Å². The molecule has 19 heavy (non-hydrogen) atoms. The summed E-state index contributed by atoms with van der Waals surface area (Å²) in [5.41, 5.74) is 0.215. The summed E-state index contributed by atoms with van der Waals surface area (Å²) in [7, 11) is 1.31. The highest BCUT2D eigenvalue weighted by Gasteiger charge is 2.17. The van der Waals surface area contributed by atoms with Gasteiger partial charge in [0.25, 0.3) is 0 Å². The summed E-state index contributed by atoms with van der Waals surface area (Å²) in [6.45, 7) is 5.09. The van der Waals surface area contributed by atoms with Crippen LogP contribution in [-0.4, -0.2) is 41.3 Å². The van der Waals surface area contributed by atoms with E-state index < -0.39 is 5.97 Å². The Kier molecular flexibility index (Phi) is 5.69. The van der Waals surface area contributed by atoms with Gasteiger partial charge in [0.15, 0.2) is 5.69 Å². The van der Waals surface area contributed by atoms with Crippen molar-refractivity contribution in [3.63, 3.8) is 0 Å². The number of aliphatic hydroxyl groups excluding tert-OH is 1. The molecule has 2 N–H and O–H groups in total. The lowest BCUT2D eigenvalue weighted by Gasteiger charge is -2.24. The number of nitrogens with one attached hydrogen (secondary N) is 1. The number of hydrogen-bond donors (Lipinski definition) is 2. The fourth-order valence-electron chi connectivity index (χ4n) is 1.63. The second-order valence-electron chi connectivity index (χ2n) is 5.13. The van der Waals surface area contributed by atoms with Crippen LogP contribution in [0, 0.1) is 5.41 Å². The minimum atomic E-state index is -0.504. The molecule has 0 radical (unpaired) electrons. The van der Waals surface area contributed by atoms with E-state index in [1.54, 1.807) is 6.20 Å². The zero-order chi connectivity index (χ0) is 14.3. The van der Waals surface area contributed by atoms with E-state index in [-0.39, 0.29) is 17.7 Å². The molecule has 0 spiro atoms. The van der Waals surface area contributed by atoms with E-state index in [4.69, 9.17) is 5.11 Å². The van der Waals surface area contributed by atoms with Gasteiger partial charge in [-0.3, -0.25) is 4.98 Å². The third kappa shape index (κ3) is 5.21. The van der Waals surface area contributed by atoms with Gasteiger partial charge in [-0.15, -0.1) is 0 Å². The summed E-state index contributed by atoms with van der Waals surface area (Å²) in [6, 6.07) is 0. The summed E-state index contributed by atoms with van der Waals surface area (Å²) in [6.07, 6.45) is 4.60. The van der Waals surface area contributed by atoms with Crippen LogP contribution in [0.2, 0.25) is 0 Å². The monoisotopic (exact) mass is 267 g/mol. The second kappa shape index (κ2) is 7.04. The average Bonchev–Trinajstić information content (AvgIpc) is 2.42. The Morgan fingerprint density at radius 2 is 2.21 bits per heavy atom. The van der Waals surface area contributed by atoms with Crippen LogP contribution >= 0.6 is 0 Å². The number of rotatable bonds is 7. The van der Waals surface area contributed by atoms with E-state index in [0.717, 1.165) is 12.8 Å². The third-order valence-electron chi connectivity index (χ3n) is 2.79. The number of carbonyl (C=O) groups is 1. The average molecular weight is 267 g/mol.